The maximum Gasteiger partial charge on any atom is 0.310 e. The van der Waals surface area contributed by atoms with Crippen LogP contribution in [0.4, 0.5) is 0 Å². The summed E-state index contributed by atoms with van der Waals surface area (Å²) >= 11 is 0. The molecular formula is C13H20O4. The van der Waals surface area contributed by atoms with Gasteiger partial charge in [-0.25, -0.2) is 0 Å². The summed E-state index contributed by atoms with van der Waals surface area (Å²) in [6, 6.07) is 0. The largest absolute Gasteiger partial charge is 0.461 e. The first kappa shape index (κ1) is 15.4. The molecule has 0 aliphatic carbocycles. The van der Waals surface area contributed by atoms with E-state index in [2.05, 4.69) is 17.9 Å². The van der Waals surface area contributed by atoms with Gasteiger partial charge in [0.2, 0.25) is 0 Å². The van der Waals surface area contributed by atoms with Crippen molar-refractivity contribution in [1.29, 1.82) is 0 Å². The number of ether oxygens (including phenoxy) is 2. The van der Waals surface area contributed by atoms with Crippen LogP contribution in [0.25, 0.3) is 0 Å². The van der Waals surface area contributed by atoms with Gasteiger partial charge >= 0.3 is 11.9 Å². The van der Waals surface area contributed by atoms with Gasteiger partial charge in [0.15, 0.2) is 0 Å². The van der Waals surface area contributed by atoms with Gasteiger partial charge in [-0.1, -0.05) is 19.6 Å². The van der Waals surface area contributed by atoms with Gasteiger partial charge in [0.05, 0.1) is 6.26 Å². The molecule has 0 unspecified atom stereocenters. The summed E-state index contributed by atoms with van der Waals surface area (Å²) < 4.78 is 9.48. The summed E-state index contributed by atoms with van der Waals surface area (Å²) in [6.07, 6.45) is 4.08. The van der Waals surface area contributed by atoms with E-state index in [-0.39, 0.29) is 18.5 Å². The zero-order valence-electron chi connectivity index (χ0n) is 10.4. The highest BCUT2D eigenvalue weighted by Crippen LogP contribution is 2.05. The third-order valence-electron chi connectivity index (χ3n) is 1.96. The molecule has 0 rings (SSSR count). The molecule has 0 radical (unpaired) electrons. The van der Waals surface area contributed by atoms with Gasteiger partial charge in [-0.2, -0.15) is 0 Å². The fourth-order valence-electron chi connectivity index (χ4n) is 1.14. The van der Waals surface area contributed by atoms with E-state index in [0.29, 0.717) is 19.3 Å². The van der Waals surface area contributed by atoms with Gasteiger partial charge in [0.25, 0.3) is 0 Å². The van der Waals surface area contributed by atoms with E-state index >= 15 is 0 Å². The van der Waals surface area contributed by atoms with E-state index in [1.807, 2.05) is 0 Å². The van der Waals surface area contributed by atoms with Gasteiger partial charge < -0.3 is 9.47 Å². The molecule has 0 saturated carbocycles. The van der Waals surface area contributed by atoms with E-state index in [1.54, 1.807) is 6.92 Å². The van der Waals surface area contributed by atoms with Crippen molar-refractivity contribution in [2.24, 2.45) is 0 Å². The third kappa shape index (κ3) is 10.7. The lowest BCUT2D eigenvalue weighted by Gasteiger charge is -2.04. The molecule has 0 aliphatic rings. The van der Waals surface area contributed by atoms with Crippen molar-refractivity contribution in [3.05, 3.63) is 25.0 Å². The first-order valence-electron chi connectivity index (χ1n) is 5.66. The molecule has 4 heteroatoms. The normalized spacial score (nSPS) is 9.47. The van der Waals surface area contributed by atoms with Gasteiger partial charge in [-0.05, 0) is 25.3 Å². The predicted octanol–water partition coefficient (Wildman–Crippen LogP) is 2.74. The first-order chi connectivity index (χ1) is 8.06. The zero-order chi connectivity index (χ0) is 13.1. The van der Waals surface area contributed by atoms with Crippen LogP contribution in [0.2, 0.25) is 0 Å². The summed E-state index contributed by atoms with van der Waals surface area (Å²) in [5, 5.41) is 0. The quantitative estimate of drug-likeness (QED) is 0.269. The molecule has 0 N–H and O–H groups in total. The maximum atomic E-state index is 11.2. The fraction of sp³-hybridized carbons (Fsp3) is 0.538. The molecule has 0 saturated heterocycles. The van der Waals surface area contributed by atoms with Crippen LogP contribution in [0, 0.1) is 0 Å². The number of hydrogen-bond acceptors (Lipinski definition) is 4. The van der Waals surface area contributed by atoms with Crippen LogP contribution in [-0.4, -0.2) is 18.5 Å². The predicted molar refractivity (Wildman–Crippen MR) is 65.1 cm³/mol. The Kier molecular flexibility index (Phi) is 8.74. The standard InChI is InChI=1S/C13H20O4/c1-4-16-12(14)8-6-5-7-9-13(15)17-10-11(2)3/h4H,1-2,5-10H2,3H3. The number of carbonyl (C=O) groups excluding carboxylic acids is 2. The lowest BCUT2D eigenvalue weighted by Crippen LogP contribution is -2.06. The lowest BCUT2D eigenvalue weighted by molar-refractivity contribution is -0.142. The topological polar surface area (TPSA) is 52.6 Å². The van der Waals surface area contributed by atoms with Gasteiger partial charge in [0.1, 0.15) is 6.61 Å². The summed E-state index contributed by atoms with van der Waals surface area (Å²) in [5.41, 5.74) is 0.825. The van der Waals surface area contributed by atoms with Crippen molar-refractivity contribution >= 4 is 11.9 Å². The van der Waals surface area contributed by atoms with E-state index < -0.39 is 0 Å². The van der Waals surface area contributed by atoms with Crippen LogP contribution in [0.1, 0.15) is 39.0 Å². The molecule has 0 spiro atoms. The number of esters is 2. The molecule has 96 valence electrons. The van der Waals surface area contributed by atoms with Crippen LogP contribution in [-0.2, 0) is 19.1 Å². The van der Waals surface area contributed by atoms with Crippen molar-refractivity contribution < 1.29 is 19.1 Å². The highest BCUT2D eigenvalue weighted by atomic mass is 16.5. The molecule has 0 aliphatic heterocycles. The van der Waals surface area contributed by atoms with Crippen LogP contribution in [0.15, 0.2) is 25.0 Å². The molecule has 0 bridgehead atoms. The number of hydrogen-bond donors (Lipinski definition) is 0. The molecular weight excluding hydrogens is 220 g/mol. The Hall–Kier alpha value is -1.58. The highest BCUT2D eigenvalue weighted by molar-refractivity contribution is 5.70. The minimum atomic E-state index is -0.287. The van der Waals surface area contributed by atoms with E-state index in [0.717, 1.165) is 24.7 Å². The lowest BCUT2D eigenvalue weighted by atomic mass is 10.1. The summed E-state index contributed by atoms with van der Waals surface area (Å²) in [4.78, 5) is 22.1. The van der Waals surface area contributed by atoms with Crippen LogP contribution in [0.3, 0.4) is 0 Å². The Morgan fingerprint density at radius 3 is 2.24 bits per heavy atom. The van der Waals surface area contributed by atoms with Crippen molar-refractivity contribution in [2.75, 3.05) is 6.61 Å². The number of unbranched alkanes of at least 4 members (excludes halogenated alkanes) is 2. The van der Waals surface area contributed by atoms with Crippen molar-refractivity contribution in [3.63, 3.8) is 0 Å². The average molecular weight is 240 g/mol. The second-order valence-electron chi connectivity index (χ2n) is 3.83. The molecule has 0 aromatic rings. The first-order valence-corrected chi connectivity index (χ1v) is 5.66. The Morgan fingerprint density at radius 2 is 1.71 bits per heavy atom. The molecule has 0 atom stereocenters. The summed E-state index contributed by atoms with van der Waals surface area (Å²) in [6.45, 7) is 9.01. The number of rotatable bonds is 9. The van der Waals surface area contributed by atoms with Gasteiger partial charge in [-0.3, -0.25) is 9.59 Å². The molecule has 17 heavy (non-hydrogen) atoms. The highest BCUT2D eigenvalue weighted by Gasteiger charge is 2.04. The van der Waals surface area contributed by atoms with Crippen LogP contribution in [0.5, 0.6) is 0 Å². The third-order valence-corrected chi connectivity index (χ3v) is 1.96. The number of carbonyl (C=O) groups is 2. The zero-order valence-corrected chi connectivity index (χ0v) is 10.4. The SMILES string of the molecule is C=COC(=O)CCCCCC(=O)OCC(=C)C. The Labute approximate surface area is 102 Å². The second kappa shape index (κ2) is 9.63. The van der Waals surface area contributed by atoms with E-state index in [4.69, 9.17) is 4.74 Å². The Bertz CT molecular complexity index is 281. The molecule has 0 fully saturated rings. The van der Waals surface area contributed by atoms with E-state index in [1.165, 1.54) is 0 Å². The minimum absolute atomic E-state index is 0.221. The van der Waals surface area contributed by atoms with Gasteiger partial charge in [-0.15, -0.1) is 0 Å². The van der Waals surface area contributed by atoms with E-state index in [9.17, 15) is 9.59 Å². The fourth-order valence-corrected chi connectivity index (χ4v) is 1.14. The summed E-state index contributed by atoms with van der Waals surface area (Å²) in [5.74, 6) is -0.508. The minimum Gasteiger partial charge on any atom is -0.461 e. The van der Waals surface area contributed by atoms with Crippen LogP contribution < -0.4 is 0 Å². The maximum absolute atomic E-state index is 11.2. The van der Waals surface area contributed by atoms with Crippen molar-refractivity contribution in [1.82, 2.24) is 0 Å². The average Bonchev–Trinajstić information content (AvgIpc) is 2.26. The second-order valence-corrected chi connectivity index (χ2v) is 3.83. The van der Waals surface area contributed by atoms with Crippen LogP contribution >= 0.6 is 0 Å². The molecule has 4 nitrogen and oxygen atoms in total. The monoisotopic (exact) mass is 240 g/mol. The smallest absolute Gasteiger partial charge is 0.310 e. The Balaban J connectivity index is 3.39. The molecule has 0 aromatic heterocycles. The van der Waals surface area contributed by atoms with Crippen molar-refractivity contribution in [2.45, 2.75) is 39.0 Å². The van der Waals surface area contributed by atoms with Crippen molar-refractivity contribution in [3.8, 4) is 0 Å². The molecule has 0 heterocycles. The molecule has 0 aromatic carbocycles. The Morgan fingerprint density at radius 1 is 1.12 bits per heavy atom. The molecule has 0 amide bonds. The van der Waals surface area contributed by atoms with Gasteiger partial charge in [0, 0.05) is 12.8 Å². The summed E-state index contributed by atoms with van der Waals surface area (Å²) in [7, 11) is 0.